The van der Waals surface area contributed by atoms with E-state index < -0.39 is 6.04 Å². The van der Waals surface area contributed by atoms with Crippen LogP contribution in [0.2, 0.25) is 0 Å². The number of hydrogen-bond donors (Lipinski definition) is 3. The van der Waals surface area contributed by atoms with Crippen molar-refractivity contribution in [2.24, 2.45) is 5.73 Å². The molecule has 5 nitrogen and oxygen atoms in total. The Labute approximate surface area is 154 Å². The van der Waals surface area contributed by atoms with E-state index in [2.05, 4.69) is 10.6 Å². The Hall–Kier alpha value is -2.37. The van der Waals surface area contributed by atoms with Crippen LogP contribution in [0.4, 0.5) is 0 Å². The molecule has 0 aliphatic rings. The van der Waals surface area contributed by atoms with Gasteiger partial charge in [-0.15, -0.1) is 12.4 Å². The van der Waals surface area contributed by atoms with Gasteiger partial charge < -0.3 is 16.4 Å². The molecule has 1 unspecified atom stereocenters. The molecule has 4 N–H and O–H groups in total. The van der Waals surface area contributed by atoms with Crippen molar-refractivity contribution in [1.82, 2.24) is 10.6 Å². The van der Waals surface area contributed by atoms with Crippen molar-refractivity contribution >= 4 is 24.2 Å². The summed E-state index contributed by atoms with van der Waals surface area (Å²) in [4.78, 5) is 23.9. The van der Waals surface area contributed by atoms with Crippen molar-refractivity contribution < 1.29 is 9.59 Å². The molecule has 0 aliphatic carbocycles. The van der Waals surface area contributed by atoms with E-state index in [-0.39, 0.29) is 24.2 Å². The Morgan fingerprint density at radius 3 is 2.20 bits per heavy atom. The molecular weight excluding hydrogens is 338 g/mol. The smallest absolute Gasteiger partial charge is 0.251 e. The standard InChI is InChI=1S/C19H23N3O2.ClH/c1-14-7-9-16(10-8-14)18(23)21-11-12-22-19(24)17(20)13-15-5-3-2-4-6-15;/h2-10,17H,11-13,20H2,1H3,(H,21,23)(H,22,24);1H. The number of nitrogens with one attached hydrogen (secondary N) is 2. The first-order valence-corrected chi connectivity index (χ1v) is 7.98. The van der Waals surface area contributed by atoms with E-state index in [4.69, 9.17) is 5.73 Å². The highest BCUT2D eigenvalue weighted by atomic mass is 35.5. The van der Waals surface area contributed by atoms with Gasteiger partial charge in [0.15, 0.2) is 0 Å². The highest BCUT2D eigenvalue weighted by Crippen LogP contribution is 2.03. The van der Waals surface area contributed by atoms with E-state index in [1.807, 2.05) is 49.4 Å². The summed E-state index contributed by atoms with van der Waals surface area (Å²) < 4.78 is 0. The van der Waals surface area contributed by atoms with Crippen molar-refractivity contribution in [3.63, 3.8) is 0 Å². The molecule has 0 fully saturated rings. The molecule has 6 heteroatoms. The molecule has 2 amide bonds. The molecule has 0 spiro atoms. The Kier molecular flexibility index (Phi) is 8.67. The fourth-order valence-electron chi connectivity index (χ4n) is 2.26. The largest absolute Gasteiger partial charge is 0.353 e. The van der Waals surface area contributed by atoms with E-state index in [9.17, 15) is 9.59 Å². The third-order valence-electron chi connectivity index (χ3n) is 3.66. The lowest BCUT2D eigenvalue weighted by atomic mass is 10.1. The summed E-state index contributed by atoms with van der Waals surface area (Å²) in [5, 5.41) is 5.51. The minimum absolute atomic E-state index is 0. The van der Waals surface area contributed by atoms with Crippen LogP contribution in [0.5, 0.6) is 0 Å². The number of carbonyl (C=O) groups is 2. The lowest BCUT2D eigenvalue weighted by Crippen LogP contribution is -2.44. The predicted molar refractivity (Wildman–Crippen MR) is 102 cm³/mol. The van der Waals surface area contributed by atoms with E-state index >= 15 is 0 Å². The van der Waals surface area contributed by atoms with Gasteiger partial charge >= 0.3 is 0 Å². The first kappa shape index (κ1) is 20.7. The van der Waals surface area contributed by atoms with Gasteiger partial charge in [-0.3, -0.25) is 9.59 Å². The van der Waals surface area contributed by atoms with Crippen molar-refractivity contribution in [2.75, 3.05) is 13.1 Å². The highest BCUT2D eigenvalue weighted by Gasteiger charge is 2.13. The molecule has 0 aromatic heterocycles. The topological polar surface area (TPSA) is 84.2 Å². The molecule has 0 aliphatic heterocycles. The van der Waals surface area contributed by atoms with E-state index in [0.717, 1.165) is 11.1 Å². The van der Waals surface area contributed by atoms with Gasteiger partial charge in [0, 0.05) is 18.7 Å². The van der Waals surface area contributed by atoms with E-state index in [0.29, 0.717) is 25.1 Å². The molecule has 1 atom stereocenters. The second kappa shape index (κ2) is 10.5. The Bertz CT molecular complexity index is 675. The zero-order valence-corrected chi connectivity index (χ0v) is 15.0. The molecule has 0 heterocycles. The van der Waals surface area contributed by atoms with Gasteiger partial charge in [-0.25, -0.2) is 0 Å². The molecule has 0 bridgehead atoms. The maximum atomic E-state index is 12.0. The number of nitrogens with two attached hydrogens (primary N) is 1. The fraction of sp³-hybridized carbons (Fsp3) is 0.263. The number of hydrogen-bond acceptors (Lipinski definition) is 3. The summed E-state index contributed by atoms with van der Waals surface area (Å²) in [6, 6.07) is 16.4. The summed E-state index contributed by atoms with van der Waals surface area (Å²) in [7, 11) is 0. The lowest BCUT2D eigenvalue weighted by Gasteiger charge is -2.12. The van der Waals surface area contributed by atoms with Crippen LogP contribution < -0.4 is 16.4 Å². The van der Waals surface area contributed by atoms with Crippen molar-refractivity contribution in [3.05, 3.63) is 71.3 Å². The van der Waals surface area contributed by atoms with Crippen molar-refractivity contribution in [2.45, 2.75) is 19.4 Å². The molecule has 2 aromatic carbocycles. The summed E-state index contributed by atoms with van der Waals surface area (Å²) in [5.74, 6) is -0.374. The van der Waals surface area contributed by atoms with Crippen LogP contribution in [0.3, 0.4) is 0 Å². The van der Waals surface area contributed by atoms with Crippen LogP contribution in [0.25, 0.3) is 0 Å². The third kappa shape index (κ3) is 6.95. The van der Waals surface area contributed by atoms with Gasteiger partial charge in [-0.05, 0) is 31.0 Å². The zero-order chi connectivity index (χ0) is 17.4. The van der Waals surface area contributed by atoms with Crippen LogP contribution in [-0.2, 0) is 11.2 Å². The SMILES string of the molecule is Cc1ccc(C(=O)NCCNC(=O)C(N)Cc2ccccc2)cc1.Cl. The normalized spacial score (nSPS) is 11.1. The summed E-state index contributed by atoms with van der Waals surface area (Å²) in [5.41, 5.74) is 8.63. The van der Waals surface area contributed by atoms with Crippen LogP contribution in [0, 0.1) is 6.92 Å². The number of benzene rings is 2. The summed E-state index contributed by atoms with van der Waals surface area (Å²) in [6.45, 7) is 2.67. The van der Waals surface area contributed by atoms with Gasteiger partial charge in [-0.1, -0.05) is 48.0 Å². The Balaban J connectivity index is 0.00000312. The molecular formula is C19H24ClN3O2. The average molecular weight is 362 g/mol. The van der Waals surface area contributed by atoms with Crippen LogP contribution in [-0.4, -0.2) is 30.9 Å². The zero-order valence-electron chi connectivity index (χ0n) is 14.2. The van der Waals surface area contributed by atoms with E-state index in [1.54, 1.807) is 12.1 Å². The molecule has 2 aromatic rings. The second-order valence-electron chi connectivity index (χ2n) is 5.71. The first-order chi connectivity index (χ1) is 11.6. The molecule has 2 rings (SSSR count). The Morgan fingerprint density at radius 1 is 0.960 bits per heavy atom. The molecule has 134 valence electrons. The fourth-order valence-corrected chi connectivity index (χ4v) is 2.26. The van der Waals surface area contributed by atoms with Gasteiger partial charge in [0.25, 0.3) is 5.91 Å². The van der Waals surface area contributed by atoms with Crippen molar-refractivity contribution in [3.8, 4) is 0 Å². The van der Waals surface area contributed by atoms with Gasteiger partial charge in [0.1, 0.15) is 0 Å². The first-order valence-electron chi connectivity index (χ1n) is 7.98. The molecule has 0 radical (unpaired) electrons. The van der Waals surface area contributed by atoms with Crippen LogP contribution in [0.15, 0.2) is 54.6 Å². The van der Waals surface area contributed by atoms with Crippen LogP contribution in [0.1, 0.15) is 21.5 Å². The number of rotatable bonds is 7. The molecule has 0 saturated carbocycles. The number of carbonyl (C=O) groups excluding carboxylic acids is 2. The average Bonchev–Trinajstić information content (AvgIpc) is 2.59. The van der Waals surface area contributed by atoms with Crippen LogP contribution >= 0.6 is 12.4 Å². The van der Waals surface area contributed by atoms with Gasteiger partial charge in [0.05, 0.1) is 6.04 Å². The molecule has 0 saturated heterocycles. The third-order valence-corrected chi connectivity index (χ3v) is 3.66. The van der Waals surface area contributed by atoms with E-state index in [1.165, 1.54) is 0 Å². The van der Waals surface area contributed by atoms with Gasteiger partial charge in [-0.2, -0.15) is 0 Å². The number of amides is 2. The minimum Gasteiger partial charge on any atom is -0.353 e. The second-order valence-corrected chi connectivity index (χ2v) is 5.71. The number of halogens is 1. The maximum Gasteiger partial charge on any atom is 0.251 e. The summed E-state index contributed by atoms with van der Waals surface area (Å²) >= 11 is 0. The quantitative estimate of drug-likeness (QED) is 0.658. The predicted octanol–water partition coefficient (Wildman–Crippen LogP) is 1.83. The summed E-state index contributed by atoms with van der Waals surface area (Å²) in [6.07, 6.45) is 0.488. The number of aryl methyl sites for hydroxylation is 1. The monoisotopic (exact) mass is 361 g/mol. The minimum atomic E-state index is -0.597. The van der Waals surface area contributed by atoms with Gasteiger partial charge in [0.2, 0.25) is 5.91 Å². The lowest BCUT2D eigenvalue weighted by molar-refractivity contribution is -0.122. The maximum absolute atomic E-state index is 12.0. The molecule has 25 heavy (non-hydrogen) atoms. The Morgan fingerprint density at radius 2 is 1.56 bits per heavy atom. The highest BCUT2D eigenvalue weighted by molar-refractivity contribution is 5.94. The van der Waals surface area contributed by atoms with Crippen molar-refractivity contribution in [1.29, 1.82) is 0 Å².